The molecule has 1 amide bonds. The number of nitrogens with zero attached hydrogens (tertiary/aromatic N) is 1. The van der Waals surface area contributed by atoms with Crippen molar-refractivity contribution >= 4 is 17.7 Å². The standard InChI is InChI=1S/C18H21NO6/c1-4-14(21)15-16(19(9-10-24-3)18(23)17(15)22)12-5-7-13(8-6-12)25-11(2)20/h5-8,16,22H,4,9-10H2,1-3H3. The summed E-state index contributed by atoms with van der Waals surface area (Å²) in [4.78, 5) is 37.1. The first kappa shape index (κ1) is 18.7. The lowest BCUT2D eigenvalue weighted by atomic mass is 9.95. The molecule has 134 valence electrons. The number of amides is 1. The number of esters is 1. The maximum absolute atomic E-state index is 12.4. The van der Waals surface area contributed by atoms with Crippen molar-refractivity contribution in [3.05, 3.63) is 41.2 Å². The van der Waals surface area contributed by atoms with Crippen LogP contribution in [0.2, 0.25) is 0 Å². The summed E-state index contributed by atoms with van der Waals surface area (Å²) in [5, 5.41) is 10.2. The lowest BCUT2D eigenvalue weighted by Crippen LogP contribution is -2.33. The van der Waals surface area contributed by atoms with Crippen molar-refractivity contribution in [3.63, 3.8) is 0 Å². The Bertz CT molecular complexity index is 707. The van der Waals surface area contributed by atoms with E-state index in [0.29, 0.717) is 11.3 Å². The predicted molar refractivity (Wildman–Crippen MR) is 89.0 cm³/mol. The molecule has 1 aromatic rings. The smallest absolute Gasteiger partial charge is 0.308 e. The van der Waals surface area contributed by atoms with E-state index in [2.05, 4.69) is 0 Å². The van der Waals surface area contributed by atoms with Crippen molar-refractivity contribution in [2.45, 2.75) is 26.3 Å². The van der Waals surface area contributed by atoms with Gasteiger partial charge in [-0.15, -0.1) is 0 Å². The van der Waals surface area contributed by atoms with Crippen LogP contribution in [0.5, 0.6) is 5.75 Å². The van der Waals surface area contributed by atoms with Crippen LogP contribution in [0.4, 0.5) is 0 Å². The molecule has 0 aromatic heterocycles. The minimum absolute atomic E-state index is 0.0869. The van der Waals surface area contributed by atoms with E-state index in [1.165, 1.54) is 18.9 Å². The normalized spacial score (nSPS) is 17.2. The maximum Gasteiger partial charge on any atom is 0.308 e. The summed E-state index contributed by atoms with van der Waals surface area (Å²) in [7, 11) is 1.51. The zero-order valence-electron chi connectivity index (χ0n) is 14.4. The van der Waals surface area contributed by atoms with Crippen LogP contribution in [0.3, 0.4) is 0 Å². The van der Waals surface area contributed by atoms with Gasteiger partial charge in [0, 0.05) is 27.0 Å². The van der Waals surface area contributed by atoms with Gasteiger partial charge in [-0.2, -0.15) is 0 Å². The van der Waals surface area contributed by atoms with Gasteiger partial charge in [-0.05, 0) is 17.7 Å². The van der Waals surface area contributed by atoms with Crippen molar-refractivity contribution in [2.24, 2.45) is 0 Å². The summed E-state index contributed by atoms with van der Waals surface area (Å²) in [5.74, 6) is -1.48. The monoisotopic (exact) mass is 347 g/mol. The Morgan fingerprint density at radius 3 is 2.40 bits per heavy atom. The first-order valence-corrected chi connectivity index (χ1v) is 7.95. The van der Waals surface area contributed by atoms with Gasteiger partial charge in [0.1, 0.15) is 5.75 Å². The average Bonchev–Trinajstić information content (AvgIpc) is 2.84. The lowest BCUT2D eigenvalue weighted by Gasteiger charge is -2.26. The highest BCUT2D eigenvalue weighted by Crippen LogP contribution is 2.38. The summed E-state index contributed by atoms with van der Waals surface area (Å²) < 4.78 is 10.0. The number of aliphatic hydroxyl groups is 1. The van der Waals surface area contributed by atoms with Gasteiger partial charge in [0.25, 0.3) is 5.91 Å². The summed E-state index contributed by atoms with van der Waals surface area (Å²) in [6, 6.07) is 5.80. The highest BCUT2D eigenvalue weighted by molar-refractivity contribution is 6.08. The third kappa shape index (κ3) is 3.88. The SMILES string of the molecule is CCC(=O)C1=C(O)C(=O)N(CCOC)C1c1ccc(OC(C)=O)cc1. The molecule has 1 aliphatic rings. The molecular formula is C18H21NO6. The number of rotatable bonds is 7. The number of Topliss-reactive ketones (excluding diaryl/α,β-unsaturated/α-hetero) is 1. The fourth-order valence-corrected chi connectivity index (χ4v) is 2.78. The maximum atomic E-state index is 12.4. The first-order valence-electron chi connectivity index (χ1n) is 7.95. The summed E-state index contributed by atoms with van der Waals surface area (Å²) in [6.07, 6.45) is 0.173. The van der Waals surface area contributed by atoms with Crippen LogP contribution in [-0.2, 0) is 19.1 Å². The second-order valence-corrected chi connectivity index (χ2v) is 5.60. The van der Waals surface area contributed by atoms with Crippen LogP contribution in [0.1, 0.15) is 31.9 Å². The van der Waals surface area contributed by atoms with E-state index in [9.17, 15) is 19.5 Å². The number of hydrogen-bond acceptors (Lipinski definition) is 6. The van der Waals surface area contributed by atoms with E-state index in [1.807, 2.05) is 0 Å². The van der Waals surface area contributed by atoms with E-state index in [4.69, 9.17) is 9.47 Å². The molecule has 2 rings (SSSR count). The fraction of sp³-hybridized carbons (Fsp3) is 0.389. The molecule has 1 unspecified atom stereocenters. The number of methoxy groups -OCH3 is 1. The van der Waals surface area contributed by atoms with Crippen molar-refractivity contribution in [1.82, 2.24) is 4.90 Å². The number of ether oxygens (including phenoxy) is 2. The van der Waals surface area contributed by atoms with Crippen LogP contribution in [0.25, 0.3) is 0 Å². The quantitative estimate of drug-likeness (QED) is 0.598. The van der Waals surface area contributed by atoms with Gasteiger partial charge in [0.05, 0.1) is 18.2 Å². The summed E-state index contributed by atoms with van der Waals surface area (Å²) in [5.41, 5.74) is 0.727. The number of aliphatic hydroxyl groups excluding tert-OH is 1. The molecule has 7 nitrogen and oxygen atoms in total. The molecule has 25 heavy (non-hydrogen) atoms. The van der Waals surface area contributed by atoms with E-state index >= 15 is 0 Å². The van der Waals surface area contributed by atoms with Gasteiger partial charge in [0.2, 0.25) is 0 Å². The second-order valence-electron chi connectivity index (χ2n) is 5.60. The van der Waals surface area contributed by atoms with Gasteiger partial charge >= 0.3 is 5.97 Å². The second kappa shape index (κ2) is 7.94. The molecule has 0 bridgehead atoms. The first-order chi connectivity index (χ1) is 11.9. The Balaban J connectivity index is 2.41. The van der Waals surface area contributed by atoms with Crippen molar-refractivity contribution < 1.29 is 29.0 Å². The topological polar surface area (TPSA) is 93.1 Å². The largest absolute Gasteiger partial charge is 0.503 e. The average molecular weight is 347 g/mol. The molecule has 7 heteroatoms. The predicted octanol–water partition coefficient (Wildman–Crippen LogP) is 1.93. The molecule has 0 radical (unpaired) electrons. The van der Waals surface area contributed by atoms with Crippen LogP contribution >= 0.6 is 0 Å². The van der Waals surface area contributed by atoms with Gasteiger partial charge in [0.15, 0.2) is 11.5 Å². The lowest BCUT2D eigenvalue weighted by molar-refractivity contribution is -0.132. The molecule has 1 aromatic carbocycles. The number of ketones is 1. The van der Waals surface area contributed by atoms with Crippen molar-refractivity contribution in [3.8, 4) is 5.75 Å². The Morgan fingerprint density at radius 2 is 1.88 bits per heavy atom. The number of carbonyl (C=O) groups is 3. The highest BCUT2D eigenvalue weighted by Gasteiger charge is 2.42. The van der Waals surface area contributed by atoms with Crippen LogP contribution in [-0.4, -0.2) is 47.9 Å². The Kier molecular flexibility index (Phi) is 5.93. The molecular weight excluding hydrogens is 326 g/mol. The van der Waals surface area contributed by atoms with Gasteiger partial charge in [-0.3, -0.25) is 14.4 Å². The molecule has 1 atom stereocenters. The van der Waals surface area contributed by atoms with E-state index < -0.39 is 23.7 Å². The third-order valence-corrected chi connectivity index (χ3v) is 3.92. The Hall–Kier alpha value is -2.67. The number of hydrogen-bond donors (Lipinski definition) is 1. The van der Waals surface area contributed by atoms with E-state index in [1.54, 1.807) is 31.2 Å². The van der Waals surface area contributed by atoms with Gasteiger partial charge in [-0.25, -0.2) is 0 Å². The third-order valence-electron chi connectivity index (χ3n) is 3.92. The minimum Gasteiger partial charge on any atom is -0.503 e. The van der Waals surface area contributed by atoms with Crippen molar-refractivity contribution in [2.75, 3.05) is 20.3 Å². The summed E-state index contributed by atoms with van der Waals surface area (Å²) in [6.45, 7) is 3.48. The number of benzene rings is 1. The van der Waals surface area contributed by atoms with Gasteiger partial charge in [-0.1, -0.05) is 19.1 Å². The molecule has 1 N–H and O–H groups in total. The van der Waals surface area contributed by atoms with Crippen molar-refractivity contribution in [1.29, 1.82) is 0 Å². The Morgan fingerprint density at radius 1 is 1.24 bits per heavy atom. The molecule has 1 aliphatic heterocycles. The fourth-order valence-electron chi connectivity index (χ4n) is 2.78. The molecule has 0 aliphatic carbocycles. The molecule has 0 saturated heterocycles. The minimum atomic E-state index is -0.693. The van der Waals surface area contributed by atoms with E-state index in [-0.39, 0.29) is 30.9 Å². The van der Waals surface area contributed by atoms with Crippen LogP contribution < -0.4 is 4.74 Å². The van der Waals surface area contributed by atoms with Crippen LogP contribution in [0, 0.1) is 0 Å². The molecule has 0 fully saturated rings. The van der Waals surface area contributed by atoms with Crippen LogP contribution in [0.15, 0.2) is 35.6 Å². The Labute approximate surface area is 145 Å². The number of carbonyl (C=O) groups excluding carboxylic acids is 3. The molecule has 0 saturated carbocycles. The molecule has 1 heterocycles. The van der Waals surface area contributed by atoms with E-state index in [0.717, 1.165) is 0 Å². The molecule has 0 spiro atoms. The highest BCUT2D eigenvalue weighted by atomic mass is 16.5. The summed E-state index contributed by atoms with van der Waals surface area (Å²) >= 11 is 0. The zero-order valence-corrected chi connectivity index (χ0v) is 14.4. The zero-order chi connectivity index (χ0) is 18.6. The van der Waals surface area contributed by atoms with Gasteiger partial charge < -0.3 is 19.5 Å².